The molecule has 0 fully saturated rings. The van der Waals surface area contributed by atoms with Crippen LogP contribution in [0.5, 0.6) is 0 Å². The van der Waals surface area contributed by atoms with Crippen molar-refractivity contribution in [3.63, 3.8) is 0 Å². The highest BCUT2D eigenvalue weighted by molar-refractivity contribution is 7.88. The highest BCUT2D eigenvalue weighted by Crippen LogP contribution is 2.00. The first kappa shape index (κ1) is 19.7. The first-order valence-electron chi connectivity index (χ1n) is 6.24. The summed E-state index contributed by atoms with van der Waals surface area (Å²) in [5.74, 6) is 0. The molecule has 0 atom stereocenters. The summed E-state index contributed by atoms with van der Waals surface area (Å²) in [5, 5.41) is 0. The normalized spacial score (nSPS) is 13.6. The molecular weight excluding hydrogens is 304 g/mol. The molecule has 0 aliphatic heterocycles. The maximum Gasteiger partial charge on any atom is 0.278 e. The van der Waals surface area contributed by atoms with E-state index in [4.69, 9.17) is 0 Å². The molecule has 0 bridgehead atoms. The molecule has 0 aromatic carbocycles. The lowest BCUT2D eigenvalue weighted by Crippen LogP contribution is -2.42. The van der Waals surface area contributed by atoms with E-state index in [2.05, 4.69) is 4.72 Å². The number of hydrogen-bond acceptors (Lipinski definition) is 5. The second-order valence-corrected chi connectivity index (χ2v) is 8.95. The van der Waals surface area contributed by atoms with E-state index in [-0.39, 0.29) is 13.1 Å². The zero-order valence-corrected chi connectivity index (χ0v) is 14.5. The van der Waals surface area contributed by atoms with Crippen LogP contribution in [-0.2, 0) is 20.2 Å². The fraction of sp³-hybridized carbons (Fsp3) is 1.00. The Hall–Kier alpha value is -0.260. The molecule has 0 unspecified atom stereocenters. The quantitative estimate of drug-likeness (QED) is 0.532. The van der Waals surface area contributed by atoms with Crippen molar-refractivity contribution >= 4 is 20.2 Å². The van der Waals surface area contributed by atoms with E-state index in [9.17, 15) is 16.8 Å². The number of sulfonamides is 1. The number of hydrogen-bond donors (Lipinski definition) is 1. The van der Waals surface area contributed by atoms with Crippen LogP contribution < -0.4 is 4.72 Å². The Morgan fingerprint density at radius 2 is 1.45 bits per heavy atom. The predicted octanol–water partition coefficient (Wildman–Crippen LogP) is -1.40. The SMILES string of the molecule is CN(C)CCCN(CCNS(=O)(=O)N(C)C)S(C)(=O)=O. The minimum atomic E-state index is -3.52. The topological polar surface area (TPSA) is 90.0 Å². The van der Waals surface area contributed by atoms with Gasteiger partial charge in [-0.2, -0.15) is 12.7 Å². The maximum atomic E-state index is 11.6. The average molecular weight is 330 g/mol. The second-order valence-electron chi connectivity index (χ2n) is 5.00. The summed E-state index contributed by atoms with van der Waals surface area (Å²) in [5.41, 5.74) is 0. The molecule has 0 aromatic heterocycles. The molecule has 122 valence electrons. The lowest BCUT2D eigenvalue weighted by atomic mass is 10.4. The standard InChI is InChI=1S/C10H26N4O4S2/c1-12(2)8-6-9-14(19(5,15)16)10-7-11-20(17,18)13(3)4/h11H,6-10H2,1-5H3. The van der Waals surface area contributed by atoms with Gasteiger partial charge in [-0.1, -0.05) is 0 Å². The molecule has 0 aliphatic rings. The van der Waals surface area contributed by atoms with Gasteiger partial charge in [-0.05, 0) is 27.1 Å². The van der Waals surface area contributed by atoms with E-state index in [0.29, 0.717) is 13.0 Å². The summed E-state index contributed by atoms with van der Waals surface area (Å²) in [6.45, 7) is 1.32. The first-order valence-corrected chi connectivity index (χ1v) is 9.52. The minimum absolute atomic E-state index is 0.0511. The molecule has 0 spiro atoms. The van der Waals surface area contributed by atoms with Crippen molar-refractivity contribution in [1.82, 2.24) is 18.2 Å². The molecular formula is C10H26N4O4S2. The Balaban J connectivity index is 4.40. The molecule has 0 aromatic rings. The lowest BCUT2D eigenvalue weighted by molar-refractivity contribution is 0.351. The van der Waals surface area contributed by atoms with Crippen molar-refractivity contribution in [2.24, 2.45) is 0 Å². The van der Waals surface area contributed by atoms with Gasteiger partial charge in [0.15, 0.2) is 0 Å². The van der Waals surface area contributed by atoms with Gasteiger partial charge in [-0.3, -0.25) is 0 Å². The fourth-order valence-electron chi connectivity index (χ4n) is 1.44. The van der Waals surface area contributed by atoms with Crippen LogP contribution in [0.3, 0.4) is 0 Å². The van der Waals surface area contributed by atoms with Crippen LogP contribution >= 0.6 is 0 Å². The zero-order chi connectivity index (χ0) is 16.0. The van der Waals surface area contributed by atoms with E-state index in [0.717, 1.165) is 17.1 Å². The van der Waals surface area contributed by atoms with E-state index < -0.39 is 20.2 Å². The highest BCUT2D eigenvalue weighted by Gasteiger charge is 2.18. The van der Waals surface area contributed by atoms with Gasteiger partial charge in [-0.25, -0.2) is 17.4 Å². The summed E-state index contributed by atoms with van der Waals surface area (Å²) < 4.78 is 50.9. The summed E-state index contributed by atoms with van der Waals surface area (Å²) >= 11 is 0. The highest BCUT2D eigenvalue weighted by atomic mass is 32.2. The van der Waals surface area contributed by atoms with Crippen LogP contribution in [-0.4, -0.2) is 91.0 Å². The van der Waals surface area contributed by atoms with Gasteiger partial charge in [-0.15, -0.1) is 0 Å². The van der Waals surface area contributed by atoms with Gasteiger partial charge in [0.1, 0.15) is 0 Å². The van der Waals surface area contributed by atoms with Crippen molar-refractivity contribution in [2.45, 2.75) is 6.42 Å². The van der Waals surface area contributed by atoms with Crippen molar-refractivity contribution in [1.29, 1.82) is 0 Å². The van der Waals surface area contributed by atoms with E-state index in [1.54, 1.807) is 0 Å². The second kappa shape index (κ2) is 8.25. The Kier molecular flexibility index (Phi) is 8.14. The van der Waals surface area contributed by atoms with Gasteiger partial charge >= 0.3 is 0 Å². The summed E-state index contributed by atoms with van der Waals surface area (Å²) in [6.07, 6.45) is 1.82. The number of nitrogens with one attached hydrogen (secondary N) is 1. The molecule has 8 nitrogen and oxygen atoms in total. The zero-order valence-electron chi connectivity index (χ0n) is 12.8. The molecule has 0 saturated heterocycles. The van der Waals surface area contributed by atoms with Crippen molar-refractivity contribution in [3.05, 3.63) is 0 Å². The van der Waals surface area contributed by atoms with Gasteiger partial charge < -0.3 is 4.90 Å². The molecule has 20 heavy (non-hydrogen) atoms. The van der Waals surface area contributed by atoms with Crippen LogP contribution in [0.1, 0.15) is 6.42 Å². The summed E-state index contributed by atoms with van der Waals surface area (Å²) in [6, 6.07) is 0. The molecule has 1 N–H and O–H groups in total. The van der Waals surface area contributed by atoms with Gasteiger partial charge in [0.2, 0.25) is 10.0 Å². The third-order valence-corrected chi connectivity index (χ3v) is 5.44. The van der Waals surface area contributed by atoms with E-state index in [1.165, 1.54) is 18.4 Å². The lowest BCUT2D eigenvalue weighted by Gasteiger charge is -2.21. The number of rotatable bonds is 10. The summed E-state index contributed by atoms with van der Waals surface area (Å²) in [7, 11) is -0.208. The van der Waals surface area contributed by atoms with Crippen LogP contribution in [0.25, 0.3) is 0 Å². The maximum absolute atomic E-state index is 11.6. The monoisotopic (exact) mass is 330 g/mol. The minimum Gasteiger partial charge on any atom is -0.309 e. The first-order chi connectivity index (χ1) is 8.97. The fourth-order valence-corrected chi connectivity index (χ4v) is 2.93. The van der Waals surface area contributed by atoms with E-state index in [1.807, 2.05) is 19.0 Å². The van der Waals surface area contributed by atoms with Crippen molar-refractivity contribution in [2.75, 3.05) is 60.6 Å². The molecule has 0 heterocycles. The Morgan fingerprint density at radius 3 is 1.85 bits per heavy atom. The molecule has 10 heteroatoms. The van der Waals surface area contributed by atoms with Gasteiger partial charge in [0, 0.05) is 33.7 Å². The van der Waals surface area contributed by atoms with Gasteiger partial charge in [0.25, 0.3) is 10.2 Å². The van der Waals surface area contributed by atoms with Crippen LogP contribution in [0.2, 0.25) is 0 Å². The molecule has 0 aliphatic carbocycles. The van der Waals surface area contributed by atoms with Crippen molar-refractivity contribution < 1.29 is 16.8 Å². The smallest absolute Gasteiger partial charge is 0.278 e. The molecule has 0 saturated carbocycles. The Bertz CT molecular complexity index is 473. The average Bonchev–Trinajstić information content (AvgIpc) is 2.24. The number of nitrogens with zero attached hydrogens (tertiary/aromatic N) is 3. The molecule has 0 rings (SSSR count). The third-order valence-electron chi connectivity index (χ3n) is 2.61. The van der Waals surface area contributed by atoms with Gasteiger partial charge in [0.05, 0.1) is 6.26 Å². The van der Waals surface area contributed by atoms with Crippen LogP contribution in [0.4, 0.5) is 0 Å². The van der Waals surface area contributed by atoms with Crippen LogP contribution in [0.15, 0.2) is 0 Å². The van der Waals surface area contributed by atoms with Crippen LogP contribution in [0, 0.1) is 0 Å². The largest absolute Gasteiger partial charge is 0.309 e. The predicted molar refractivity (Wildman–Crippen MR) is 80.2 cm³/mol. The summed E-state index contributed by atoms with van der Waals surface area (Å²) in [4.78, 5) is 1.97. The van der Waals surface area contributed by atoms with E-state index >= 15 is 0 Å². The Labute approximate surface area is 123 Å². The molecule has 0 amide bonds. The van der Waals surface area contributed by atoms with Crippen molar-refractivity contribution in [3.8, 4) is 0 Å². The molecule has 0 radical (unpaired) electrons. The third kappa shape index (κ3) is 8.12. The Morgan fingerprint density at radius 1 is 0.900 bits per heavy atom.